The van der Waals surface area contributed by atoms with E-state index in [1.807, 2.05) is 36.4 Å². The van der Waals surface area contributed by atoms with E-state index in [1.54, 1.807) is 36.4 Å². The van der Waals surface area contributed by atoms with Gasteiger partial charge < -0.3 is 0 Å². The summed E-state index contributed by atoms with van der Waals surface area (Å²) in [6.07, 6.45) is 16.2. The third-order valence-corrected chi connectivity index (χ3v) is 15.7. The molecule has 0 bridgehead atoms. The molecule has 172 valence electrons. The zero-order valence-electron chi connectivity index (χ0n) is 17.0. The van der Waals surface area contributed by atoms with Crippen molar-refractivity contribution in [3.05, 3.63) is 108 Å². The van der Waals surface area contributed by atoms with Crippen molar-refractivity contribution in [1.82, 2.24) is 0 Å². The first-order valence-corrected chi connectivity index (χ1v) is 17.1. The number of allylic oxidation sites excluding steroid dienone is 8. The molecule has 0 aliphatic heterocycles. The Labute approximate surface area is 229 Å². The zero-order chi connectivity index (χ0) is 23.7. The van der Waals surface area contributed by atoms with E-state index in [2.05, 4.69) is 24.3 Å². The number of hydrogen-bond acceptors (Lipinski definition) is 2. The first-order valence-electron chi connectivity index (χ1n) is 10.0. The fourth-order valence-corrected chi connectivity index (χ4v) is 13.6. The molecule has 0 amide bonds. The van der Waals surface area contributed by atoms with Crippen molar-refractivity contribution in [2.45, 2.75) is 14.8 Å². The van der Waals surface area contributed by atoms with E-state index in [0.29, 0.717) is 22.6 Å². The van der Waals surface area contributed by atoms with Gasteiger partial charge in [0.25, 0.3) is 0 Å². The molecule has 2 aliphatic rings. The van der Waals surface area contributed by atoms with Crippen molar-refractivity contribution in [2.24, 2.45) is 0 Å². The van der Waals surface area contributed by atoms with Gasteiger partial charge in [-0.25, -0.2) is 0 Å². The quantitative estimate of drug-likeness (QED) is 0.293. The van der Waals surface area contributed by atoms with Gasteiger partial charge in [-0.2, -0.15) is 0 Å². The van der Waals surface area contributed by atoms with Crippen LogP contribution in [-0.2, 0) is 28.7 Å². The van der Waals surface area contributed by atoms with Gasteiger partial charge in [-0.15, -0.1) is 0 Å². The number of para-hydroxylation sites is 2. The van der Waals surface area contributed by atoms with E-state index in [0.717, 1.165) is 0 Å². The number of halogens is 6. The summed E-state index contributed by atoms with van der Waals surface area (Å²) in [6, 6.07) is 14.3. The molecular formula is C24H18Cl6O2Zr. The average molecular weight is 642 g/mol. The number of benzene rings is 2. The molecule has 0 saturated heterocycles. The molecule has 0 aromatic heterocycles. The number of hydrogen-bond donors (Lipinski definition) is 0. The van der Waals surface area contributed by atoms with Crippen molar-refractivity contribution in [2.75, 3.05) is 0 Å². The third kappa shape index (κ3) is 5.72. The van der Waals surface area contributed by atoms with Gasteiger partial charge in [0.1, 0.15) is 0 Å². The molecule has 4 rings (SSSR count). The molecule has 0 heterocycles. The maximum absolute atomic E-state index is 6.90. The second kappa shape index (κ2) is 10.3. The SMILES string of the molecule is ClC(Cl)(Cl)c1ccccc1[O][Zr]([O]c1ccccc1C(Cl)(Cl)Cl)([CH]1C=CC=C1)[CH]1C=CC=C1. The van der Waals surface area contributed by atoms with Gasteiger partial charge in [0.15, 0.2) is 0 Å². The van der Waals surface area contributed by atoms with Crippen LogP contribution >= 0.6 is 69.6 Å². The fraction of sp³-hybridized carbons (Fsp3) is 0.167. The standard InChI is InChI=1S/2C7H5Cl3O.2C5H5.Zr/c2*8-7(9,10)5-3-1-2-4-6(5)11;2*1-2-4-5-3-1;/h2*1-4,11H;2*1-5H;/q;;;;+2/p-2. The minimum absolute atomic E-state index is 0.0939. The monoisotopic (exact) mass is 638 g/mol. The molecule has 0 unspecified atom stereocenters. The molecule has 2 aromatic carbocycles. The zero-order valence-corrected chi connectivity index (χ0v) is 24.0. The van der Waals surface area contributed by atoms with Crippen LogP contribution in [0.5, 0.6) is 11.5 Å². The maximum atomic E-state index is 6.90. The molecule has 9 heteroatoms. The van der Waals surface area contributed by atoms with Crippen LogP contribution in [0.4, 0.5) is 0 Å². The summed E-state index contributed by atoms with van der Waals surface area (Å²) < 4.78 is 10.3. The van der Waals surface area contributed by atoms with Crippen molar-refractivity contribution in [3.8, 4) is 11.5 Å². The Kier molecular flexibility index (Phi) is 8.03. The predicted octanol–water partition coefficient (Wildman–Crippen LogP) is 9.61. The van der Waals surface area contributed by atoms with E-state index >= 15 is 0 Å². The molecule has 0 fully saturated rings. The van der Waals surface area contributed by atoms with Crippen molar-refractivity contribution < 1.29 is 26.8 Å². The Morgan fingerprint density at radius 2 is 0.879 bits per heavy atom. The Bertz CT molecular complexity index is 1020. The molecule has 0 spiro atoms. The van der Waals surface area contributed by atoms with Gasteiger partial charge in [-0.3, -0.25) is 0 Å². The summed E-state index contributed by atoms with van der Waals surface area (Å²) in [4.78, 5) is 0. The van der Waals surface area contributed by atoms with Gasteiger partial charge in [-0.1, -0.05) is 0 Å². The van der Waals surface area contributed by atoms with Gasteiger partial charge in [-0.05, 0) is 0 Å². The summed E-state index contributed by atoms with van der Waals surface area (Å²) >= 11 is 33.3. The Hall–Kier alpha value is -0.377. The second-order valence-corrected chi connectivity index (χ2v) is 19.9. The van der Waals surface area contributed by atoms with Crippen molar-refractivity contribution >= 4 is 69.6 Å². The van der Waals surface area contributed by atoms with Crippen LogP contribution in [0.2, 0.25) is 7.25 Å². The van der Waals surface area contributed by atoms with E-state index < -0.39 is 28.7 Å². The summed E-state index contributed by atoms with van der Waals surface area (Å²) in [6.45, 7) is 0. The summed E-state index contributed by atoms with van der Waals surface area (Å²) in [7, 11) is 0. The molecule has 0 N–H and O–H groups in total. The molecular weight excluding hydrogens is 624 g/mol. The first-order chi connectivity index (χ1) is 15.6. The van der Waals surface area contributed by atoms with E-state index in [9.17, 15) is 0 Å². The molecule has 2 nitrogen and oxygen atoms in total. The van der Waals surface area contributed by atoms with Crippen molar-refractivity contribution in [3.63, 3.8) is 0 Å². The van der Waals surface area contributed by atoms with Crippen LogP contribution in [0.15, 0.2) is 97.1 Å². The third-order valence-electron chi connectivity index (χ3n) is 5.35. The Morgan fingerprint density at radius 1 is 0.545 bits per heavy atom. The molecule has 0 atom stereocenters. The second-order valence-electron chi connectivity index (χ2n) is 7.50. The molecule has 33 heavy (non-hydrogen) atoms. The first kappa shape index (κ1) is 25.7. The fourth-order valence-electron chi connectivity index (χ4n) is 3.84. The molecule has 0 radical (unpaired) electrons. The Morgan fingerprint density at radius 3 is 1.21 bits per heavy atom. The van der Waals surface area contributed by atoms with Crippen LogP contribution < -0.4 is 5.63 Å². The van der Waals surface area contributed by atoms with Crippen LogP contribution in [0.3, 0.4) is 0 Å². The van der Waals surface area contributed by atoms with Crippen LogP contribution in [0, 0.1) is 0 Å². The molecule has 0 saturated carbocycles. The van der Waals surface area contributed by atoms with Gasteiger partial charge in [0.2, 0.25) is 0 Å². The van der Waals surface area contributed by atoms with Crippen LogP contribution in [0.1, 0.15) is 11.1 Å². The summed E-state index contributed by atoms with van der Waals surface area (Å²) in [5.74, 6) is 0.920. The summed E-state index contributed by atoms with van der Waals surface area (Å²) in [5.41, 5.74) is 0.873. The van der Waals surface area contributed by atoms with Gasteiger partial charge in [0, 0.05) is 0 Å². The molecule has 2 aromatic rings. The van der Waals surface area contributed by atoms with Gasteiger partial charge in [0.05, 0.1) is 0 Å². The van der Waals surface area contributed by atoms with Gasteiger partial charge >= 0.3 is 231 Å². The normalized spacial score (nSPS) is 16.7. The van der Waals surface area contributed by atoms with E-state index in [-0.39, 0.29) is 7.25 Å². The van der Waals surface area contributed by atoms with E-state index in [1.165, 1.54) is 0 Å². The van der Waals surface area contributed by atoms with Crippen molar-refractivity contribution in [1.29, 1.82) is 0 Å². The predicted molar refractivity (Wildman–Crippen MR) is 137 cm³/mol. The number of alkyl halides is 6. The Balaban J connectivity index is 1.89. The minimum atomic E-state index is -4.36. The summed E-state index contributed by atoms with van der Waals surface area (Å²) in [5, 5.41) is 0. The number of rotatable bonds is 6. The van der Waals surface area contributed by atoms with E-state index in [4.69, 9.17) is 75.2 Å². The topological polar surface area (TPSA) is 18.5 Å². The molecule has 2 aliphatic carbocycles. The van der Waals surface area contributed by atoms with Crippen LogP contribution in [0.25, 0.3) is 0 Å². The van der Waals surface area contributed by atoms with Crippen LogP contribution in [-0.4, -0.2) is 0 Å². The average Bonchev–Trinajstić information content (AvgIpc) is 3.47.